The molecule has 0 bridgehead atoms. The van der Waals surface area contributed by atoms with Gasteiger partial charge in [0.25, 0.3) is 11.8 Å². The molecule has 2 atom stereocenters. The Balaban J connectivity index is 1.42. The molecule has 0 saturated carbocycles. The number of benzene rings is 2. The van der Waals surface area contributed by atoms with Gasteiger partial charge in [-0.3, -0.25) is 14.5 Å². The lowest BCUT2D eigenvalue weighted by atomic mass is 10.1. The SMILES string of the molecule is CC1CN(Cc2ccc(C(=O)NCCNC(=O)c3ccccc3Cl)cc2)CC(C)O1. The third-order valence-corrected chi connectivity index (χ3v) is 5.26. The van der Waals surface area contributed by atoms with Crippen molar-refractivity contribution in [2.45, 2.75) is 32.6 Å². The molecule has 6 nitrogen and oxygen atoms in total. The molecule has 2 unspecified atom stereocenters. The second-order valence-corrected chi connectivity index (χ2v) is 8.05. The molecule has 2 aromatic carbocycles. The topological polar surface area (TPSA) is 70.7 Å². The average molecular weight is 430 g/mol. The van der Waals surface area contributed by atoms with Gasteiger partial charge in [-0.15, -0.1) is 0 Å². The van der Waals surface area contributed by atoms with Gasteiger partial charge in [-0.2, -0.15) is 0 Å². The maximum atomic E-state index is 12.3. The van der Waals surface area contributed by atoms with E-state index in [1.165, 1.54) is 5.56 Å². The number of carbonyl (C=O) groups excluding carboxylic acids is 2. The van der Waals surface area contributed by atoms with Crippen molar-refractivity contribution in [3.63, 3.8) is 0 Å². The number of hydrogen-bond acceptors (Lipinski definition) is 4. The lowest BCUT2D eigenvalue weighted by molar-refractivity contribution is -0.0704. The number of amides is 2. The minimum atomic E-state index is -0.258. The highest BCUT2D eigenvalue weighted by Crippen LogP contribution is 2.15. The standard InChI is InChI=1S/C23H28ClN3O3/c1-16-13-27(14-17(2)30-16)15-18-7-9-19(10-8-18)22(28)25-11-12-26-23(29)20-5-3-4-6-21(20)24/h3-10,16-17H,11-15H2,1-2H3,(H,25,28)(H,26,29). The van der Waals surface area contributed by atoms with Gasteiger partial charge in [0, 0.05) is 38.3 Å². The summed E-state index contributed by atoms with van der Waals surface area (Å²) in [5.74, 6) is -0.423. The molecule has 1 fully saturated rings. The second kappa shape index (κ2) is 10.6. The number of carbonyl (C=O) groups is 2. The van der Waals surface area contributed by atoms with Crippen LogP contribution in [-0.2, 0) is 11.3 Å². The van der Waals surface area contributed by atoms with Gasteiger partial charge in [-0.1, -0.05) is 35.9 Å². The summed E-state index contributed by atoms with van der Waals surface area (Å²) >= 11 is 6.01. The summed E-state index contributed by atoms with van der Waals surface area (Å²) in [6, 6.07) is 14.5. The van der Waals surface area contributed by atoms with Crippen molar-refractivity contribution in [2.24, 2.45) is 0 Å². The van der Waals surface area contributed by atoms with Crippen molar-refractivity contribution in [3.05, 3.63) is 70.2 Å². The maximum absolute atomic E-state index is 12.3. The first-order valence-corrected chi connectivity index (χ1v) is 10.6. The summed E-state index contributed by atoms with van der Waals surface area (Å²) in [6.07, 6.45) is 0.467. The predicted octanol–water partition coefficient (Wildman–Crippen LogP) is 3.11. The van der Waals surface area contributed by atoms with E-state index in [4.69, 9.17) is 16.3 Å². The first-order valence-electron chi connectivity index (χ1n) is 10.2. The zero-order valence-electron chi connectivity index (χ0n) is 17.4. The Morgan fingerprint density at radius 2 is 1.57 bits per heavy atom. The average Bonchev–Trinajstić information content (AvgIpc) is 2.71. The predicted molar refractivity (Wildman–Crippen MR) is 118 cm³/mol. The molecule has 0 radical (unpaired) electrons. The summed E-state index contributed by atoms with van der Waals surface area (Å²) in [5.41, 5.74) is 2.19. The van der Waals surface area contributed by atoms with Gasteiger partial charge >= 0.3 is 0 Å². The highest BCUT2D eigenvalue weighted by molar-refractivity contribution is 6.33. The van der Waals surface area contributed by atoms with Crippen LogP contribution in [0.1, 0.15) is 40.1 Å². The Bertz CT molecular complexity index is 862. The van der Waals surface area contributed by atoms with E-state index in [9.17, 15) is 9.59 Å². The van der Waals surface area contributed by atoms with Gasteiger partial charge in [-0.25, -0.2) is 0 Å². The van der Waals surface area contributed by atoms with Crippen LogP contribution in [0, 0.1) is 0 Å². The number of hydrogen-bond donors (Lipinski definition) is 2. The number of ether oxygens (including phenoxy) is 1. The molecular formula is C23H28ClN3O3. The van der Waals surface area contributed by atoms with Gasteiger partial charge in [-0.05, 0) is 43.7 Å². The van der Waals surface area contributed by atoms with Crippen LogP contribution in [0.4, 0.5) is 0 Å². The molecule has 0 aliphatic carbocycles. The minimum absolute atomic E-state index is 0.165. The third kappa shape index (κ3) is 6.29. The van der Waals surface area contributed by atoms with Crippen LogP contribution in [0.15, 0.2) is 48.5 Å². The normalized spacial score (nSPS) is 19.3. The lowest BCUT2D eigenvalue weighted by Gasteiger charge is -2.35. The molecule has 1 saturated heterocycles. The van der Waals surface area contributed by atoms with E-state index >= 15 is 0 Å². The fraction of sp³-hybridized carbons (Fsp3) is 0.391. The first kappa shape index (κ1) is 22.3. The molecule has 2 aromatic rings. The molecule has 1 aliphatic heterocycles. The fourth-order valence-corrected chi connectivity index (χ4v) is 3.85. The monoisotopic (exact) mass is 429 g/mol. The molecule has 1 heterocycles. The van der Waals surface area contributed by atoms with E-state index in [1.54, 1.807) is 24.3 Å². The van der Waals surface area contributed by atoms with Crippen LogP contribution in [0.25, 0.3) is 0 Å². The molecule has 2 N–H and O–H groups in total. The Hall–Kier alpha value is -2.41. The summed E-state index contributed by atoms with van der Waals surface area (Å²) in [6.45, 7) is 7.49. The highest BCUT2D eigenvalue weighted by atomic mass is 35.5. The third-order valence-electron chi connectivity index (χ3n) is 4.93. The molecule has 30 heavy (non-hydrogen) atoms. The number of nitrogens with one attached hydrogen (secondary N) is 2. The maximum Gasteiger partial charge on any atom is 0.252 e. The van der Waals surface area contributed by atoms with Crippen molar-refractivity contribution in [2.75, 3.05) is 26.2 Å². The molecule has 1 aliphatic rings. The zero-order chi connectivity index (χ0) is 21.5. The van der Waals surface area contributed by atoms with Crippen molar-refractivity contribution >= 4 is 23.4 Å². The van der Waals surface area contributed by atoms with Gasteiger partial charge in [0.15, 0.2) is 0 Å². The van der Waals surface area contributed by atoms with E-state index in [0.717, 1.165) is 19.6 Å². The highest BCUT2D eigenvalue weighted by Gasteiger charge is 2.22. The fourth-order valence-electron chi connectivity index (χ4n) is 3.63. The molecule has 160 valence electrons. The van der Waals surface area contributed by atoms with Gasteiger partial charge in [0.1, 0.15) is 0 Å². The molecule has 2 amide bonds. The molecule has 0 spiro atoms. The van der Waals surface area contributed by atoms with E-state index < -0.39 is 0 Å². The zero-order valence-corrected chi connectivity index (χ0v) is 18.1. The van der Waals surface area contributed by atoms with Crippen LogP contribution >= 0.6 is 11.6 Å². The Kier molecular flexibility index (Phi) is 7.85. The van der Waals surface area contributed by atoms with Crippen LogP contribution in [0.5, 0.6) is 0 Å². The molecule has 3 rings (SSSR count). The number of halogens is 1. The van der Waals surface area contributed by atoms with Gasteiger partial charge in [0.2, 0.25) is 0 Å². The number of morpholine rings is 1. The lowest BCUT2D eigenvalue weighted by Crippen LogP contribution is -2.44. The van der Waals surface area contributed by atoms with E-state index in [0.29, 0.717) is 29.2 Å². The van der Waals surface area contributed by atoms with Crippen LogP contribution in [0.2, 0.25) is 5.02 Å². The van der Waals surface area contributed by atoms with Crippen molar-refractivity contribution < 1.29 is 14.3 Å². The molecular weight excluding hydrogens is 402 g/mol. The largest absolute Gasteiger partial charge is 0.373 e. The van der Waals surface area contributed by atoms with Crippen molar-refractivity contribution in [1.82, 2.24) is 15.5 Å². The van der Waals surface area contributed by atoms with Gasteiger partial charge in [0.05, 0.1) is 22.8 Å². The second-order valence-electron chi connectivity index (χ2n) is 7.64. The van der Waals surface area contributed by atoms with E-state index in [2.05, 4.69) is 29.4 Å². The Morgan fingerprint density at radius 3 is 2.20 bits per heavy atom. The summed E-state index contributed by atoms with van der Waals surface area (Å²) in [5, 5.41) is 5.98. The van der Waals surface area contributed by atoms with E-state index in [1.807, 2.05) is 24.3 Å². The van der Waals surface area contributed by atoms with E-state index in [-0.39, 0.29) is 24.0 Å². The number of rotatable bonds is 7. The Morgan fingerprint density at radius 1 is 0.967 bits per heavy atom. The molecule has 0 aromatic heterocycles. The molecule has 7 heteroatoms. The Labute approximate surface area is 182 Å². The summed E-state index contributed by atoms with van der Waals surface area (Å²) < 4.78 is 5.77. The number of nitrogens with zero attached hydrogens (tertiary/aromatic N) is 1. The van der Waals surface area contributed by atoms with Gasteiger partial charge < -0.3 is 15.4 Å². The van der Waals surface area contributed by atoms with Crippen LogP contribution in [-0.4, -0.2) is 55.1 Å². The summed E-state index contributed by atoms with van der Waals surface area (Å²) in [4.78, 5) is 26.8. The summed E-state index contributed by atoms with van der Waals surface area (Å²) in [7, 11) is 0. The first-order chi connectivity index (χ1) is 14.4. The smallest absolute Gasteiger partial charge is 0.252 e. The minimum Gasteiger partial charge on any atom is -0.373 e. The van der Waals surface area contributed by atoms with Crippen LogP contribution < -0.4 is 10.6 Å². The quantitative estimate of drug-likeness (QED) is 0.663. The van der Waals surface area contributed by atoms with Crippen LogP contribution in [0.3, 0.4) is 0 Å². The van der Waals surface area contributed by atoms with Crippen molar-refractivity contribution in [1.29, 1.82) is 0 Å². The van der Waals surface area contributed by atoms with Crippen molar-refractivity contribution in [3.8, 4) is 0 Å².